The van der Waals surface area contributed by atoms with Crippen LogP contribution < -0.4 is 10.6 Å². The lowest BCUT2D eigenvalue weighted by Gasteiger charge is -2.35. The molecule has 0 unspecified atom stereocenters. The number of ether oxygens (including phenoxy) is 1. The van der Waals surface area contributed by atoms with Gasteiger partial charge >= 0.3 is 0 Å². The lowest BCUT2D eigenvalue weighted by molar-refractivity contribution is -0.139. The maximum Gasteiger partial charge on any atom is 0.251 e. The number of fused-ring (bicyclic) bond motifs is 2. The van der Waals surface area contributed by atoms with Crippen molar-refractivity contribution >= 4 is 40.8 Å². The van der Waals surface area contributed by atoms with Gasteiger partial charge in [-0.3, -0.25) is 19.2 Å². The molecule has 0 spiro atoms. The van der Waals surface area contributed by atoms with Crippen LogP contribution >= 0.6 is 11.6 Å². The van der Waals surface area contributed by atoms with Crippen molar-refractivity contribution in [2.75, 3.05) is 18.5 Å². The Morgan fingerprint density at radius 3 is 2.71 bits per heavy atom. The predicted molar refractivity (Wildman–Crippen MR) is 130 cm³/mol. The first-order valence-corrected chi connectivity index (χ1v) is 13.1. The molecule has 1 aromatic carbocycles. The molecule has 0 bridgehead atoms. The van der Waals surface area contributed by atoms with Gasteiger partial charge in [-0.1, -0.05) is 19.8 Å². The molecule has 4 aliphatic rings. The monoisotopic (exact) mass is 501 g/mol. The molecule has 1 aliphatic carbocycles. The molecular formula is C26H32ClN3O5. The van der Waals surface area contributed by atoms with E-state index in [9.17, 15) is 19.2 Å². The molecule has 9 heteroatoms. The highest BCUT2D eigenvalue weighted by Crippen LogP contribution is 2.35. The molecule has 3 heterocycles. The van der Waals surface area contributed by atoms with E-state index >= 15 is 0 Å². The van der Waals surface area contributed by atoms with Gasteiger partial charge in [0.2, 0.25) is 11.8 Å². The zero-order valence-electron chi connectivity index (χ0n) is 19.9. The zero-order chi connectivity index (χ0) is 24.7. The molecule has 1 saturated carbocycles. The summed E-state index contributed by atoms with van der Waals surface area (Å²) in [6.07, 6.45) is 5.05. The molecule has 8 nitrogen and oxygen atoms in total. The first-order valence-electron chi connectivity index (χ1n) is 12.6. The Labute approximate surface area is 210 Å². The molecule has 1 aromatic rings. The molecular weight excluding hydrogens is 470 g/mol. The summed E-state index contributed by atoms with van der Waals surface area (Å²) in [4.78, 5) is 53.1. The van der Waals surface area contributed by atoms with Gasteiger partial charge in [-0.05, 0) is 61.3 Å². The molecule has 0 radical (unpaired) electrons. The second-order valence-corrected chi connectivity index (χ2v) is 11.0. The normalized spacial score (nSPS) is 31.3. The van der Waals surface area contributed by atoms with E-state index in [-0.39, 0.29) is 42.6 Å². The number of Topliss-reactive ketones (excluding diaryl/α,β-unsaturated/α-hetero) is 1. The average Bonchev–Trinajstić information content (AvgIpc) is 3.32. The number of alkyl halides is 1. The second kappa shape index (κ2) is 9.90. The quantitative estimate of drug-likeness (QED) is 0.617. The number of carbonyl (C=O) groups excluding carboxylic acids is 4. The number of likely N-dealkylation sites (tertiary alicyclic amines) is 1. The van der Waals surface area contributed by atoms with Gasteiger partial charge in [0.05, 0.1) is 5.38 Å². The minimum absolute atomic E-state index is 0.00647. The van der Waals surface area contributed by atoms with Crippen molar-refractivity contribution in [2.24, 2.45) is 11.8 Å². The van der Waals surface area contributed by atoms with Crippen LogP contribution in [0.2, 0.25) is 0 Å². The fourth-order valence-corrected chi connectivity index (χ4v) is 6.30. The Bertz CT molecular complexity index is 1040. The maximum absolute atomic E-state index is 13.8. The van der Waals surface area contributed by atoms with Crippen LogP contribution in [0.5, 0.6) is 0 Å². The number of ketones is 1. The summed E-state index contributed by atoms with van der Waals surface area (Å²) in [6.45, 7) is 2.40. The van der Waals surface area contributed by atoms with Crippen LogP contribution in [-0.4, -0.2) is 65.1 Å². The van der Waals surface area contributed by atoms with Gasteiger partial charge in [-0.15, -0.1) is 11.6 Å². The van der Waals surface area contributed by atoms with Crippen molar-refractivity contribution in [1.82, 2.24) is 10.2 Å². The number of amides is 3. The summed E-state index contributed by atoms with van der Waals surface area (Å²) in [5.74, 6) is -0.158. The summed E-state index contributed by atoms with van der Waals surface area (Å²) in [5, 5.41) is 5.46. The van der Waals surface area contributed by atoms with Crippen LogP contribution in [0.4, 0.5) is 5.69 Å². The zero-order valence-corrected chi connectivity index (χ0v) is 20.7. The van der Waals surface area contributed by atoms with E-state index in [2.05, 4.69) is 17.6 Å². The van der Waals surface area contributed by atoms with Crippen molar-refractivity contribution in [3.05, 3.63) is 29.3 Å². The number of hydrogen-bond acceptors (Lipinski definition) is 5. The minimum Gasteiger partial charge on any atom is -0.366 e. The third-order valence-corrected chi connectivity index (χ3v) is 8.37. The number of nitrogens with one attached hydrogen (secondary N) is 2. The van der Waals surface area contributed by atoms with Crippen molar-refractivity contribution in [1.29, 1.82) is 0 Å². The second-order valence-electron chi connectivity index (χ2n) is 10.4. The number of halogens is 1. The molecule has 2 N–H and O–H groups in total. The van der Waals surface area contributed by atoms with Crippen molar-refractivity contribution < 1.29 is 23.9 Å². The molecule has 4 atom stereocenters. The first kappa shape index (κ1) is 24.3. The van der Waals surface area contributed by atoms with Crippen LogP contribution in [0, 0.1) is 11.8 Å². The van der Waals surface area contributed by atoms with Crippen molar-refractivity contribution in [2.45, 2.75) is 75.4 Å². The summed E-state index contributed by atoms with van der Waals surface area (Å²) in [7, 11) is 0. The Morgan fingerprint density at radius 2 is 1.94 bits per heavy atom. The fraction of sp³-hybridized carbons (Fsp3) is 0.615. The predicted octanol–water partition coefficient (Wildman–Crippen LogP) is 2.67. The molecule has 35 heavy (non-hydrogen) atoms. The van der Waals surface area contributed by atoms with Crippen LogP contribution in [-0.2, 0) is 25.5 Å². The van der Waals surface area contributed by atoms with E-state index in [1.807, 2.05) is 0 Å². The van der Waals surface area contributed by atoms with Crippen molar-refractivity contribution in [3.8, 4) is 0 Å². The van der Waals surface area contributed by atoms with Gasteiger partial charge in [-0.2, -0.15) is 0 Å². The van der Waals surface area contributed by atoms with Crippen LogP contribution in [0.25, 0.3) is 0 Å². The lowest BCUT2D eigenvalue weighted by atomic mass is 9.78. The number of anilines is 1. The van der Waals surface area contributed by atoms with E-state index in [1.165, 1.54) is 4.90 Å². The third-order valence-electron chi connectivity index (χ3n) is 7.98. The molecule has 3 fully saturated rings. The maximum atomic E-state index is 13.8. The number of nitrogens with zero attached hydrogens (tertiary/aromatic N) is 1. The minimum atomic E-state index is -0.732. The fourth-order valence-electron chi connectivity index (χ4n) is 5.94. The summed E-state index contributed by atoms with van der Waals surface area (Å²) >= 11 is 6.43. The number of benzene rings is 1. The molecule has 3 aliphatic heterocycles. The first-order chi connectivity index (χ1) is 16.8. The largest absolute Gasteiger partial charge is 0.366 e. The third kappa shape index (κ3) is 4.83. The SMILES string of the molecule is CC1CCC([C@H](NC(=O)c2ccc3c(c2)CCCC(=O)N3)C(=O)N2C[C@H](Cl)[C@H]3OCC(=O)[C@H]32)CC1. The molecule has 2 saturated heterocycles. The van der Waals surface area contributed by atoms with E-state index < -0.39 is 23.6 Å². The number of carbonyl (C=O) groups is 4. The highest BCUT2D eigenvalue weighted by Gasteiger charge is 2.53. The Hall–Kier alpha value is -2.45. The highest BCUT2D eigenvalue weighted by atomic mass is 35.5. The van der Waals surface area contributed by atoms with Crippen LogP contribution in [0.3, 0.4) is 0 Å². The number of hydrogen-bond donors (Lipinski definition) is 2. The Kier molecular flexibility index (Phi) is 6.86. The molecule has 3 amide bonds. The van der Waals surface area contributed by atoms with Gasteiger partial charge in [-0.25, -0.2) is 0 Å². The molecule has 5 rings (SSSR count). The Morgan fingerprint density at radius 1 is 1.17 bits per heavy atom. The van der Waals surface area contributed by atoms with Gasteiger partial charge in [0.25, 0.3) is 5.91 Å². The summed E-state index contributed by atoms with van der Waals surface area (Å²) in [5.41, 5.74) is 2.10. The standard InChI is InChI=1S/C26H32ClN3O5/c1-14-5-7-15(8-6-14)22(26(34)30-12-18(27)24-23(30)20(31)13-35-24)29-25(33)17-9-10-19-16(11-17)3-2-4-21(32)28-19/h9-11,14-15,18,22-24H,2-8,12-13H2,1H3,(H,28,32)(H,29,33)/t14?,15?,18-,22-,23+,24+/m0/s1. The van der Waals surface area contributed by atoms with E-state index in [4.69, 9.17) is 16.3 Å². The van der Waals surface area contributed by atoms with Gasteiger partial charge in [0.1, 0.15) is 24.8 Å². The van der Waals surface area contributed by atoms with E-state index in [1.54, 1.807) is 18.2 Å². The lowest BCUT2D eigenvalue weighted by Crippen LogP contribution is -2.55. The summed E-state index contributed by atoms with van der Waals surface area (Å²) < 4.78 is 5.55. The summed E-state index contributed by atoms with van der Waals surface area (Å²) in [6, 6.07) is 3.83. The van der Waals surface area contributed by atoms with Crippen LogP contribution in [0.15, 0.2) is 18.2 Å². The molecule has 0 aromatic heterocycles. The van der Waals surface area contributed by atoms with Gasteiger partial charge in [0.15, 0.2) is 5.78 Å². The van der Waals surface area contributed by atoms with Crippen LogP contribution in [0.1, 0.15) is 61.4 Å². The highest BCUT2D eigenvalue weighted by molar-refractivity contribution is 6.22. The Balaban J connectivity index is 1.38. The topological polar surface area (TPSA) is 105 Å². The smallest absolute Gasteiger partial charge is 0.251 e. The van der Waals surface area contributed by atoms with Gasteiger partial charge < -0.3 is 20.3 Å². The molecule has 188 valence electrons. The van der Waals surface area contributed by atoms with Gasteiger partial charge in [0, 0.05) is 24.2 Å². The van der Waals surface area contributed by atoms with E-state index in [0.717, 1.165) is 43.4 Å². The number of rotatable bonds is 4. The van der Waals surface area contributed by atoms with Crippen molar-refractivity contribution in [3.63, 3.8) is 0 Å². The average molecular weight is 502 g/mol. The number of aryl methyl sites for hydroxylation is 1. The van der Waals surface area contributed by atoms with E-state index in [0.29, 0.717) is 24.3 Å².